The molecule has 14 heavy (non-hydrogen) atoms. The molecular weight excluding hydrogens is 176 g/mol. The second kappa shape index (κ2) is 5.32. The maximum atomic E-state index is 9.33. The lowest BCUT2D eigenvalue weighted by atomic mass is 9.71. The molecule has 0 radical (unpaired) electrons. The molecule has 0 saturated heterocycles. The lowest BCUT2D eigenvalue weighted by Crippen LogP contribution is -2.33. The van der Waals surface area contributed by atoms with Gasteiger partial charge in [-0.1, -0.05) is 31.2 Å². The Labute approximate surface area is 86.0 Å². The van der Waals surface area contributed by atoms with Crippen LogP contribution in [0.15, 0.2) is 24.3 Å². The van der Waals surface area contributed by atoms with Crippen LogP contribution in [0, 0.1) is 23.7 Å². The standard InChI is InChI=1S/C12H20O2/c1-3-4-11-9(2)5-6-10(7-13)12(11)8-14/h3-6,9-14H,7-8H2,1-2H3/b4-3+/t9-,10-,11-,12-/m0/s1. The van der Waals surface area contributed by atoms with Crippen LogP contribution in [0.2, 0.25) is 0 Å². The van der Waals surface area contributed by atoms with E-state index in [0.29, 0.717) is 11.8 Å². The molecular formula is C12H20O2. The van der Waals surface area contributed by atoms with Crippen LogP contribution >= 0.6 is 0 Å². The Balaban J connectivity index is 2.84. The maximum Gasteiger partial charge on any atom is 0.0497 e. The highest BCUT2D eigenvalue weighted by Gasteiger charge is 2.31. The van der Waals surface area contributed by atoms with Crippen LogP contribution in [-0.2, 0) is 0 Å². The van der Waals surface area contributed by atoms with Crippen LogP contribution in [0.4, 0.5) is 0 Å². The quantitative estimate of drug-likeness (QED) is 0.673. The molecule has 0 aromatic heterocycles. The number of hydrogen-bond donors (Lipinski definition) is 2. The average molecular weight is 196 g/mol. The molecule has 0 aliphatic heterocycles. The fourth-order valence-corrected chi connectivity index (χ4v) is 2.26. The van der Waals surface area contributed by atoms with Gasteiger partial charge >= 0.3 is 0 Å². The monoisotopic (exact) mass is 196 g/mol. The van der Waals surface area contributed by atoms with Crippen LogP contribution in [0.25, 0.3) is 0 Å². The molecule has 0 amide bonds. The molecule has 2 nitrogen and oxygen atoms in total. The lowest BCUT2D eigenvalue weighted by molar-refractivity contribution is 0.0973. The zero-order valence-corrected chi connectivity index (χ0v) is 8.93. The largest absolute Gasteiger partial charge is 0.396 e. The Morgan fingerprint density at radius 3 is 2.43 bits per heavy atom. The van der Waals surface area contributed by atoms with Gasteiger partial charge in [0.25, 0.3) is 0 Å². The first kappa shape index (κ1) is 11.5. The van der Waals surface area contributed by atoms with E-state index >= 15 is 0 Å². The topological polar surface area (TPSA) is 40.5 Å². The summed E-state index contributed by atoms with van der Waals surface area (Å²) in [4.78, 5) is 0. The van der Waals surface area contributed by atoms with E-state index in [2.05, 4.69) is 19.1 Å². The van der Waals surface area contributed by atoms with Crippen molar-refractivity contribution in [2.24, 2.45) is 23.7 Å². The predicted octanol–water partition coefficient (Wildman–Crippen LogP) is 1.60. The highest BCUT2D eigenvalue weighted by atomic mass is 16.3. The molecule has 2 N–H and O–H groups in total. The zero-order valence-electron chi connectivity index (χ0n) is 8.93. The maximum absolute atomic E-state index is 9.33. The first-order valence-electron chi connectivity index (χ1n) is 5.27. The number of aliphatic hydroxyl groups is 2. The second-order valence-corrected chi connectivity index (χ2v) is 4.04. The summed E-state index contributed by atoms with van der Waals surface area (Å²) in [6, 6.07) is 0. The third kappa shape index (κ3) is 2.25. The lowest BCUT2D eigenvalue weighted by Gasteiger charge is -2.35. The molecule has 1 rings (SSSR count). The van der Waals surface area contributed by atoms with Crippen LogP contribution in [0.5, 0.6) is 0 Å². The van der Waals surface area contributed by atoms with Gasteiger partial charge in [0.05, 0.1) is 0 Å². The summed E-state index contributed by atoms with van der Waals surface area (Å²) >= 11 is 0. The summed E-state index contributed by atoms with van der Waals surface area (Å²) in [7, 11) is 0. The van der Waals surface area contributed by atoms with E-state index in [1.54, 1.807) is 0 Å². The number of hydrogen-bond acceptors (Lipinski definition) is 2. The molecule has 0 unspecified atom stereocenters. The normalized spacial score (nSPS) is 38.0. The number of aliphatic hydroxyl groups excluding tert-OH is 2. The summed E-state index contributed by atoms with van der Waals surface area (Å²) in [5, 5.41) is 18.5. The van der Waals surface area contributed by atoms with Gasteiger partial charge in [0.2, 0.25) is 0 Å². The molecule has 0 saturated carbocycles. The Hall–Kier alpha value is -0.600. The molecule has 0 bridgehead atoms. The van der Waals surface area contributed by atoms with Crippen molar-refractivity contribution in [1.29, 1.82) is 0 Å². The smallest absolute Gasteiger partial charge is 0.0497 e. The van der Waals surface area contributed by atoms with Crippen molar-refractivity contribution in [1.82, 2.24) is 0 Å². The van der Waals surface area contributed by atoms with Gasteiger partial charge in [-0.3, -0.25) is 0 Å². The summed E-state index contributed by atoms with van der Waals surface area (Å²) in [6.45, 7) is 4.42. The van der Waals surface area contributed by atoms with E-state index in [9.17, 15) is 10.2 Å². The molecule has 0 heterocycles. The highest BCUT2D eigenvalue weighted by Crippen LogP contribution is 2.34. The van der Waals surface area contributed by atoms with Gasteiger partial charge in [0.1, 0.15) is 0 Å². The third-order valence-electron chi connectivity index (χ3n) is 3.15. The molecule has 1 aliphatic rings. The first-order valence-corrected chi connectivity index (χ1v) is 5.27. The van der Waals surface area contributed by atoms with Gasteiger partial charge in [-0.05, 0) is 24.7 Å². The molecule has 80 valence electrons. The van der Waals surface area contributed by atoms with Gasteiger partial charge in [-0.15, -0.1) is 0 Å². The molecule has 0 fully saturated rings. The van der Waals surface area contributed by atoms with Crippen molar-refractivity contribution in [3.63, 3.8) is 0 Å². The minimum atomic E-state index is 0.109. The van der Waals surface area contributed by atoms with Crippen molar-refractivity contribution < 1.29 is 10.2 Å². The minimum Gasteiger partial charge on any atom is -0.396 e. The zero-order chi connectivity index (χ0) is 10.6. The van der Waals surface area contributed by atoms with Crippen molar-refractivity contribution in [3.05, 3.63) is 24.3 Å². The molecule has 0 aromatic carbocycles. The summed E-state index contributed by atoms with van der Waals surface area (Å²) in [6.07, 6.45) is 8.33. The van der Waals surface area contributed by atoms with Crippen molar-refractivity contribution in [3.8, 4) is 0 Å². The molecule has 0 aromatic rings. The molecule has 0 spiro atoms. The van der Waals surface area contributed by atoms with Crippen LogP contribution in [-0.4, -0.2) is 23.4 Å². The Morgan fingerprint density at radius 1 is 1.21 bits per heavy atom. The average Bonchev–Trinajstić information content (AvgIpc) is 2.21. The van der Waals surface area contributed by atoms with E-state index in [-0.39, 0.29) is 25.0 Å². The highest BCUT2D eigenvalue weighted by molar-refractivity contribution is 5.09. The molecule has 2 heteroatoms. The number of rotatable bonds is 3. The molecule has 4 atom stereocenters. The summed E-state index contributed by atoms with van der Waals surface area (Å²) < 4.78 is 0. The summed E-state index contributed by atoms with van der Waals surface area (Å²) in [5.74, 6) is 1.08. The van der Waals surface area contributed by atoms with E-state index in [4.69, 9.17) is 0 Å². The van der Waals surface area contributed by atoms with Crippen LogP contribution < -0.4 is 0 Å². The van der Waals surface area contributed by atoms with E-state index in [0.717, 1.165) is 0 Å². The number of allylic oxidation sites excluding steroid dienone is 3. The Kier molecular flexibility index (Phi) is 4.36. The van der Waals surface area contributed by atoms with Gasteiger partial charge in [-0.25, -0.2) is 0 Å². The fraction of sp³-hybridized carbons (Fsp3) is 0.667. The summed E-state index contributed by atoms with van der Waals surface area (Å²) in [5.41, 5.74) is 0. The van der Waals surface area contributed by atoms with E-state index in [1.807, 2.05) is 19.1 Å². The fourth-order valence-electron chi connectivity index (χ4n) is 2.26. The Morgan fingerprint density at radius 2 is 1.93 bits per heavy atom. The van der Waals surface area contributed by atoms with Gasteiger partial charge in [0.15, 0.2) is 0 Å². The second-order valence-electron chi connectivity index (χ2n) is 4.04. The predicted molar refractivity (Wildman–Crippen MR) is 57.8 cm³/mol. The van der Waals surface area contributed by atoms with Crippen LogP contribution in [0.3, 0.4) is 0 Å². The van der Waals surface area contributed by atoms with Gasteiger partial charge in [-0.2, -0.15) is 0 Å². The Bertz CT molecular complexity index is 220. The van der Waals surface area contributed by atoms with Crippen LogP contribution in [0.1, 0.15) is 13.8 Å². The van der Waals surface area contributed by atoms with Gasteiger partial charge in [0, 0.05) is 19.1 Å². The van der Waals surface area contributed by atoms with Crippen molar-refractivity contribution in [2.75, 3.05) is 13.2 Å². The van der Waals surface area contributed by atoms with Gasteiger partial charge < -0.3 is 10.2 Å². The minimum absolute atomic E-state index is 0.109. The molecule has 1 aliphatic carbocycles. The SMILES string of the molecule is C/C=C/[C@@H]1[C@@H](CO)[C@H](CO)C=C[C@@H]1C. The van der Waals surface area contributed by atoms with E-state index in [1.165, 1.54) is 0 Å². The van der Waals surface area contributed by atoms with Crippen molar-refractivity contribution in [2.45, 2.75) is 13.8 Å². The third-order valence-corrected chi connectivity index (χ3v) is 3.15. The van der Waals surface area contributed by atoms with Crippen molar-refractivity contribution >= 4 is 0 Å². The first-order chi connectivity index (χ1) is 6.74. The van der Waals surface area contributed by atoms with E-state index < -0.39 is 0 Å².